The number of methoxy groups -OCH3 is 1. The largest absolute Gasteiger partial charge is 0.497 e. The molecule has 0 unspecified atom stereocenters. The summed E-state index contributed by atoms with van der Waals surface area (Å²) in [6.45, 7) is 4.33. The number of hydrogen-bond donors (Lipinski definition) is 2. The Morgan fingerprint density at radius 2 is 1.79 bits per heavy atom. The lowest BCUT2D eigenvalue weighted by Crippen LogP contribution is -2.38. The summed E-state index contributed by atoms with van der Waals surface area (Å²) in [7, 11) is 1.67. The highest BCUT2D eigenvalue weighted by Gasteiger charge is 2.00. The smallest absolute Gasteiger partial charge is 0.191 e. The topological polar surface area (TPSA) is 63.5 Å². The second-order valence-electron chi connectivity index (χ2n) is 6.34. The molecule has 6 heteroatoms. The maximum absolute atomic E-state index is 5.19. The van der Waals surface area contributed by atoms with Crippen molar-refractivity contribution in [1.29, 1.82) is 0 Å². The molecule has 3 aromatic rings. The normalized spacial score (nSPS) is 11.3. The zero-order valence-electron chi connectivity index (χ0n) is 16.4. The molecule has 3 rings (SSSR count). The lowest BCUT2D eigenvalue weighted by molar-refractivity contribution is 0.414. The van der Waals surface area contributed by atoms with Gasteiger partial charge < -0.3 is 15.4 Å². The van der Waals surface area contributed by atoms with Crippen LogP contribution >= 0.6 is 0 Å². The summed E-state index contributed by atoms with van der Waals surface area (Å²) >= 11 is 0. The first-order valence-corrected chi connectivity index (χ1v) is 9.52. The molecule has 2 aromatic carbocycles. The minimum Gasteiger partial charge on any atom is -0.497 e. The molecule has 0 aliphatic rings. The molecule has 0 amide bonds. The first-order chi connectivity index (χ1) is 13.8. The standard InChI is InChI=1S/C22H27N5O/c1-3-23-22(25-17-19-7-11-21(28-2)12-8-19)24-15-13-18-5-9-20(10-6-18)27-16-4-14-26-27/h4-12,14,16H,3,13,15,17H2,1-2H3,(H2,23,24,25). The van der Waals surface area contributed by atoms with Gasteiger partial charge in [0.25, 0.3) is 0 Å². The molecule has 146 valence electrons. The minimum atomic E-state index is 0.623. The molecule has 0 saturated heterocycles. The van der Waals surface area contributed by atoms with Gasteiger partial charge >= 0.3 is 0 Å². The molecule has 0 atom stereocenters. The molecule has 6 nitrogen and oxygen atoms in total. The van der Waals surface area contributed by atoms with Crippen molar-refractivity contribution in [2.75, 3.05) is 20.2 Å². The van der Waals surface area contributed by atoms with Crippen LogP contribution in [0.1, 0.15) is 18.1 Å². The van der Waals surface area contributed by atoms with Crippen molar-refractivity contribution in [3.63, 3.8) is 0 Å². The van der Waals surface area contributed by atoms with Crippen LogP contribution in [0.3, 0.4) is 0 Å². The fourth-order valence-corrected chi connectivity index (χ4v) is 2.81. The highest BCUT2D eigenvalue weighted by atomic mass is 16.5. The Balaban J connectivity index is 1.51. The van der Waals surface area contributed by atoms with Gasteiger partial charge in [0.15, 0.2) is 5.96 Å². The number of aromatic nitrogens is 2. The van der Waals surface area contributed by atoms with Crippen molar-refractivity contribution in [3.05, 3.63) is 78.1 Å². The molecule has 0 spiro atoms. The summed E-state index contributed by atoms with van der Waals surface area (Å²) in [4.78, 5) is 4.66. The maximum atomic E-state index is 5.19. The summed E-state index contributed by atoms with van der Waals surface area (Å²) in [6.07, 6.45) is 4.65. The summed E-state index contributed by atoms with van der Waals surface area (Å²) < 4.78 is 7.05. The molecule has 0 saturated carbocycles. The second kappa shape index (κ2) is 10.2. The van der Waals surface area contributed by atoms with Gasteiger partial charge in [-0.3, -0.25) is 0 Å². The second-order valence-corrected chi connectivity index (χ2v) is 6.34. The van der Waals surface area contributed by atoms with Crippen LogP contribution in [-0.4, -0.2) is 35.9 Å². The van der Waals surface area contributed by atoms with Crippen molar-refractivity contribution in [3.8, 4) is 11.4 Å². The highest BCUT2D eigenvalue weighted by Crippen LogP contribution is 2.12. The van der Waals surface area contributed by atoms with Crippen molar-refractivity contribution in [2.24, 2.45) is 4.99 Å². The molecular formula is C22H27N5O. The van der Waals surface area contributed by atoms with E-state index in [4.69, 9.17) is 4.74 Å². The predicted molar refractivity (Wildman–Crippen MR) is 113 cm³/mol. The molecule has 0 aliphatic carbocycles. The van der Waals surface area contributed by atoms with Gasteiger partial charge in [0, 0.05) is 25.5 Å². The molecule has 0 radical (unpaired) electrons. The number of benzene rings is 2. The Hall–Kier alpha value is -3.28. The van der Waals surface area contributed by atoms with E-state index >= 15 is 0 Å². The molecule has 1 aromatic heterocycles. The van der Waals surface area contributed by atoms with E-state index in [2.05, 4.69) is 51.9 Å². The Labute approximate surface area is 166 Å². The average molecular weight is 377 g/mol. The number of nitrogens with one attached hydrogen (secondary N) is 2. The van der Waals surface area contributed by atoms with Crippen LogP contribution in [0.15, 0.2) is 72.0 Å². The number of ether oxygens (including phenoxy) is 1. The zero-order valence-corrected chi connectivity index (χ0v) is 16.4. The van der Waals surface area contributed by atoms with Crippen LogP contribution in [0.5, 0.6) is 5.75 Å². The Kier molecular flexibility index (Phi) is 7.07. The predicted octanol–water partition coefficient (Wildman–Crippen LogP) is 3.18. The Morgan fingerprint density at radius 1 is 1.04 bits per heavy atom. The van der Waals surface area contributed by atoms with Gasteiger partial charge in [-0.25, -0.2) is 9.67 Å². The third-order valence-corrected chi connectivity index (χ3v) is 4.33. The van der Waals surface area contributed by atoms with E-state index in [0.717, 1.165) is 42.5 Å². The quantitative estimate of drug-likeness (QED) is 0.467. The fourth-order valence-electron chi connectivity index (χ4n) is 2.81. The fraction of sp³-hybridized carbons (Fsp3) is 0.273. The minimum absolute atomic E-state index is 0.623. The molecule has 0 bridgehead atoms. The van der Waals surface area contributed by atoms with Crippen molar-refractivity contribution >= 4 is 5.96 Å². The summed E-state index contributed by atoms with van der Waals surface area (Å²) in [5.74, 6) is 1.68. The van der Waals surface area contributed by atoms with E-state index in [1.165, 1.54) is 5.56 Å². The number of rotatable bonds is 8. The third-order valence-electron chi connectivity index (χ3n) is 4.33. The third kappa shape index (κ3) is 5.61. The number of hydrogen-bond acceptors (Lipinski definition) is 3. The van der Waals surface area contributed by atoms with E-state index < -0.39 is 0 Å². The molecular weight excluding hydrogens is 350 g/mol. The summed E-state index contributed by atoms with van der Waals surface area (Å²) in [5, 5.41) is 10.9. The van der Waals surface area contributed by atoms with Gasteiger partial charge in [0.05, 0.1) is 19.3 Å². The summed E-state index contributed by atoms with van der Waals surface area (Å²) in [5.41, 5.74) is 3.48. The van der Waals surface area contributed by atoms with Gasteiger partial charge in [0.2, 0.25) is 0 Å². The van der Waals surface area contributed by atoms with Gasteiger partial charge in [-0.1, -0.05) is 24.3 Å². The van der Waals surface area contributed by atoms with Crippen LogP contribution in [-0.2, 0) is 13.0 Å². The van der Waals surface area contributed by atoms with Crippen LogP contribution in [0.2, 0.25) is 0 Å². The average Bonchev–Trinajstić information content (AvgIpc) is 3.28. The van der Waals surface area contributed by atoms with E-state index in [1.807, 2.05) is 41.2 Å². The van der Waals surface area contributed by atoms with Crippen molar-refractivity contribution in [2.45, 2.75) is 19.9 Å². The first-order valence-electron chi connectivity index (χ1n) is 9.52. The van der Waals surface area contributed by atoms with Crippen LogP contribution < -0.4 is 15.4 Å². The molecule has 0 aliphatic heterocycles. The van der Waals surface area contributed by atoms with E-state index in [1.54, 1.807) is 13.3 Å². The monoisotopic (exact) mass is 377 g/mol. The van der Waals surface area contributed by atoms with Crippen molar-refractivity contribution in [1.82, 2.24) is 20.4 Å². The SMILES string of the molecule is CCNC(=NCc1ccc(OC)cc1)NCCc1ccc(-n2cccn2)cc1. The summed E-state index contributed by atoms with van der Waals surface area (Å²) in [6, 6.07) is 18.4. The van der Waals surface area contributed by atoms with E-state index in [0.29, 0.717) is 6.54 Å². The maximum Gasteiger partial charge on any atom is 0.191 e. The van der Waals surface area contributed by atoms with E-state index in [-0.39, 0.29) is 0 Å². The van der Waals surface area contributed by atoms with Gasteiger partial charge in [0.1, 0.15) is 5.75 Å². The van der Waals surface area contributed by atoms with Crippen molar-refractivity contribution < 1.29 is 4.74 Å². The number of guanidine groups is 1. The van der Waals surface area contributed by atoms with E-state index in [9.17, 15) is 0 Å². The Bertz CT molecular complexity index is 855. The molecule has 1 heterocycles. The van der Waals surface area contributed by atoms with Crippen LogP contribution in [0.25, 0.3) is 5.69 Å². The Morgan fingerprint density at radius 3 is 2.43 bits per heavy atom. The molecule has 0 fully saturated rings. The molecule has 2 N–H and O–H groups in total. The number of aliphatic imine (C=N–C) groups is 1. The highest BCUT2D eigenvalue weighted by molar-refractivity contribution is 5.79. The van der Waals surface area contributed by atoms with Gasteiger partial charge in [-0.05, 0) is 54.8 Å². The molecule has 28 heavy (non-hydrogen) atoms. The lowest BCUT2D eigenvalue weighted by atomic mass is 10.1. The van der Waals surface area contributed by atoms with Crippen LogP contribution in [0.4, 0.5) is 0 Å². The lowest BCUT2D eigenvalue weighted by Gasteiger charge is -2.12. The zero-order chi connectivity index (χ0) is 19.6. The first kappa shape index (κ1) is 19.5. The van der Waals surface area contributed by atoms with Crippen LogP contribution in [0, 0.1) is 0 Å². The van der Waals surface area contributed by atoms with Gasteiger partial charge in [-0.2, -0.15) is 5.10 Å². The number of nitrogens with zero attached hydrogens (tertiary/aromatic N) is 3. The van der Waals surface area contributed by atoms with Gasteiger partial charge in [-0.15, -0.1) is 0 Å².